The molecule has 0 aromatic carbocycles. The molecule has 1 aromatic rings. The second kappa shape index (κ2) is 12.9. The molecule has 5 nitrogen and oxygen atoms in total. The lowest BCUT2D eigenvalue weighted by molar-refractivity contribution is 0.140. The van der Waals surface area contributed by atoms with E-state index >= 15 is 0 Å². The van der Waals surface area contributed by atoms with E-state index in [2.05, 4.69) is 65.5 Å². The van der Waals surface area contributed by atoms with Crippen molar-refractivity contribution in [1.29, 1.82) is 0 Å². The molecule has 150 valence electrons. The maximum absolute atomic E-state index is 4.89. The number of halogens is 1. The van der Waals surface area contributed by atoms with Crippen molar-refractivity contribution >= 4 is 41.3 Å². The van der Waals surface area contributed by atoms with Gasteiger partial charge < -0.3 is 20.0 Å². The van der Waals surface area contributed by atoms with Gasteiger partial charge in [-0.15, -0.1) is 35.3 Å². The quantitative estimate of drug-likeness (QED) is 0.343. The van der Waals surface area contributed by atoms with Crippen LogP contribution >= 0.6 is 35.3 Å². The molecule has 1 aliphatic heterocycles. The van der Waals surface area contributed by atoms with E-state index < -0.39 is 0 Å². The molecule has 1 aromatic heterocycles. The monoisotopic (exact) mass is 493 g/mol. The summed E-state index contributed by atoms with van der Waals surface area (Å²) in [6.07, 6.45) is 1.08. The first kappa shape index (κ1) is 23.7. The number of hydrogen-bond donors (Lipinski definition) is 1. The Bertz CT molecular complexity index is 500. The van der Waals surface area contributed by atoms with Crippen LogP contribution in [0.3, 0.4) is 0 Å². The van der Waals surface area contributed by atoms with Gasteiger partial charge in [-0.2, -0.15) is 0 Å². The highest BCUT2D eigenvalue weighted by molar-refractivity contribution is 14.0. The topological polar surface area (TPSA) is 34.1 Å². The second-order valence-electron chi connectivity index (χ2n) is 7.15. The maximum Gasteiger partial charge on any atom is 0.193 e. The van der Waals surface area contributed by atoms with E-state index in [1.165, 1.54) is 31.1 Å². The van der Waals surface area contributed by atoms with E-state index in [1.54, 1.807) is 0 Å². The molecular formula is C19H36IN5S. The number of rotatable bonds is 8. The van der Waals surface area contributed by atoms with Gasteiger partial charge in [0.2, 0.25) is 0 Å². The number of aliphatic imine (C=N–C) groups is 1. The van der Waals surface area contributed by atoms with Crippen molar-refractivity contribution in [2.75, 3.05) is 66.5 Å². The zero-order valence-electron chi connectivity index (χ0n) is 16.8. The summed E-state index contributed by atoms with van der Waals surface area (Å²) < 4.78 is 0. The molecule has 0 aliphatic carbocycles. The van der Waals surface area contributed by atoms with Crippen molar-refractivity contribution in [3.8, 4) is 0 Å². The summed E-state index contributed by atoms with van der Waals surface area (Å²) in [5, 5.41) is 5.58. The number of guanidine groups is 1. The lowest BCUT2D eigenvalue weighted by Crippen LogP contribution is -2.46. The Kier molecular flexibility index (Phi) is 11.7. The summed E-state index contributed by atoms with van der Waals surface area (Å²) in [5.74, 6) is 1.62. The number of hydrogen-bond acceptors (Lipinski definition) is 4. The molecule has 0 saturated carbocycles. The van der Waals surface area contributed by atoms with Crippen LogP contribution in [0, 0.1) is 5.92 Å². The highest BCUT2D eigenvalue weighted by atomic mass is 127. The molecule has 0 radical (unpaired) electrons. The van der Waals surface area contributed by atoms with Crippen molar-refractivity contribution in [2.45, 2.75) is 20.3 Å². The maximum atomic E-state index is 4.89. The van der Waals surface area contributed by atoms with E-state index in [4.69, 9.17) is 4.99 Å². The fourth-order valence-electron chi connectivity index (χ4n) is 3.08. The van der Waals surface area contributed by atoms with Crippen LogP contribution < -0.4 is 5.32 Å². The minimum atomic E-state index is 0. The molecule has 0 amide bonds. The van der Waals surface area contributed by atoms with Gasteiger partial charge in [-0.3, -0.25) is 4.99 Å². The molecule has 0 bridgehead atoms. The Morgan fingerprint density at radius 1 is 1.35 bits per heavy atom. The average molecular weight is 494 g/mol. The Morgan fingerprint density at radius 3 is 2.69 bits per heavy atom. The number of piperazine rings is 1. The van der Waals surface area contributed by atoms with Crippen molar-refractivity contribution in [3.05, 3.63) is 22.4 Å². The third-order valence-electron chi connectivity index (χ3n) is 4.69. The Balaban J connectivity index is 0.00000338. The van der Waals surface area contributed by atoms with Gasteiger partial charge in [0.1, 0.15) is 0 Å². The van der Waals surface area contributed by atoms with Gasteiger partial charge in [-0.1, -0.05) is 13.0 Å². The molecule has 7 heteroatoms. The fourth-order valence-corrected chi connectivity index (χ4v) is 3.78. The molecule has 2 heterocycles. The average Bonchev–Trinajstić information content (AvgIpc) is 3.12. The summed E-state index contributed by atoms with van der Waals surface area (Å²) in [6, 6.07) is 4.33. The minimum Gasteiger partial charge on any atom is -0.357 e. The van der Waals surface area contributed by atoms with Crippen LogP contribution in [0.25, 0.3) is 0 Å². The number of nitrogens with zero attached hydrogens (tertiary/aromatic N) is 4. The van der Waals surface area contributed by atoms with E-state index in [0.29, 0.717) is 5.92 Å². The Morgan fingerprint density at radius 2 is 2.08 bits per heavy atom. The predicted molar refractivity (Wildman–Crippen MR) is 125 cm³/mol. The van der Waals surface area contributed by atoms with Crippen molar-refractivity contribution in [2.24, 2.45) is 10.9 Å². The summed E-state index contributed by atoms with van der Waals surface area (Å²) in [5.41, 5.74) is 0. The summed E-state index contributed by atoms with van der Waals surface area (Å²) in [4.78, 5) is 13.6. The summed E-state index contributed by atoms with van der Waals surface area (Å²) in [6.45, 7) is 13.1. The minimum absolute atomic E-state index is 0. The van der Waals surface area contributed by atoms with Crippen molar-refractivity contribution in [1.82, 2.24) is 20.0 Å². The molecule has 1 fully saturated rings. The molecule has 0 spiro atoms. The Labute approximate surface area is 180 Å². The van der Waals surface area contributed by atoms with Crippen molar-refractivity contribution in [3.63, 3.8) is 0 Å². The second-order valence-corrected chi connectivity index (χ2v) is 8.19. The lowest BCUT2D eigenvalue weighted by atomic mass is 10.1. The van der Waals surface area contributed by atoms with E-state index in [-0.39, 0.29) is 24.0 Å². The normalized spacial score (nSPS) is 17.6. The predicted octanol–water partition coefficient (Wildman–Crippen LogP) is 2.69. The molecule has 1 N–H and O–H groups in total. The van der Waals surface area contributed by atoms with Gasteiger partial charge in [0, 0.05) is 64.3 Å². The summed E-state index contributed by atoms with van der Waals surface area (Å²) in [7, 11) is 4.35. The number of thiophene rings is 1. The van der Waals surface area contributed by atoms with Crippen LogP contribution in [0.4, 0.5) is 0 Å². The fraction of sp³-hybridized carbons (Fsp3) is 0.737. The molecule has 2 rings (SSSR count). The zero-order chi connectivity index (χ0) is 18.1. The molecule has 26 heavy (non-hydrogen) atoms. The van der Waals surface area contributed by atoms with Gasteiger partial charge in [-0.25, -0.2) is 0 Å². The van der Waals surface area contributed by atoms with Gasteiger partial charge in [0.15, 0.2) is 5.96 Å². The first-order chi connectivity index (χ1) is 12.1. The van der Waals surface area contributed by atoms with Crippen molar-refractivity contribution < 1.29 is 0 Å². The lowest BCUT2D eigenvalue weighted by Gasteiger charge is -2.33. The first-order valence-corrected chi connectivity index (χ1v) is 10.4. The smallest absolute Gasteiger partial charge is 0.193 e. The first-order valence-electron chi connectivity index (χ1n) is 9.51. The van der Waals surface area contributed by atoms with Gasteiger partial charge >= 0.3 is 0 Å². The van der Waals surface area contributed by atoms with Gasteiger partial charge in [0.05, 0.1) is 0 Å². The van der Waals surface area contributed by atoms with Crippen LogP contribution in [-0.2, 0) is 6.42 Å². The highest BCUT2D eigenvalue weighted by Gasteiger charge is 2.16. The third-order valence-corrected chi connectivity index (χ3v) is 5.62. The molecular weight excluding hydrogens is 457 g/mol. The molecule has 1 atom stereocenters. The van der Waals surface area contributed by atoms with Crippen LogP contribution in [0.1, 0.15) is 18.7 Å². The molecule has 1 unspecified atom stereocenters. The van der Waals surface area contributed by atoms with Gasteiger partial charge in [0.25, 0.3) is 0 Å². The third kappa shape index (κ3) is 8.54. The van der Waals surface area contributed by atoms with Gasteiger partial charge in [-0.05, 0) is 37.8 Å². The zero-order valence-corrected chi connectivity index (χ0v) is 19.9. The van der Waals surface area contributed by atoms with E-state index in [1.807, 2.05) is 11.3 Å². The molecule has 1 saturated heterocycles. The number of likely N-dealkylation sites (N-methyl/N-ethyl adjacent to an activating group) is 2. The summed E-state index contributed by atoms with van der Waals surface area (Å²) >= 11 is 1.83. The standard InChI is InChI=1S/C19H35N5S.HI/c1-5-20-19(23(4)9-8-18-7-6-14-25-18)21-15-17(2)16-24-12-10-22(3)11-13-24;/h6-7,14,17H,5,8-13,15-16H2,1-4H3,(H,20,21);1H. The van der Waals surface area contributed by atoms with Crippen LogP contribution in [0.2, 0.25) is 0 Å². The Hall–Kier alpha value is -0.380. The van der Waals surface area contributed by atoms with Crippen LogP contribution in [0.15, 0.2) is 22.5 Å². The number of nitrogens with one attached hydrogen (secondary N) is 1. The van der Waals surface area contributed by atoms with E-state index in [0.717, 1.165) is 38.6 Å². The van der Waals surface area contributed by atoms with Crippen LogP contribution in [-0.4, -0.2) is 87.1 Å². The molecule has 1 aliphatic rings. The highest BCUT2D eigenvalue weighted by Crippen LogP contribution is 2.10. The van der Waals surface area contributed by atoms with E-state index in [9.17, 15) is 0 Å². The largest absolute Gasteiger partial charge is 0.357 e. The van der Waals surface area contributed by atoms with Crippen LogP contribution in [0.5, 0.6) is 0 Å². The SMILES string of the molecule is CCNC(=NCC(C)CN1CCN(C)CC1)N(C)CCc1cccs1.I.